The van der Waals surface area contributed by atoms with Crippen molar-refractivity contribution in [3.05, 3.63) is 0 Å². The zero-order valence-electron chi connectivity index (χ0n) is 12.2. The van der Waals surface area contributed by atoms with E-state index in [0.717, 1.165) is 13.2 Å². The average molecular weight is 240 g/mol. The molecule has 17 heavy (non-hydrogen) atoms. The highest BCUT2D eigenvalue weighted by molar-refractivity contribution is 5.01. The lowest BCUT2D eigenvalue weighted by Crippen LogP contribution is -2.37. The van der Waals surface area contributed by atoms with Crippen LogP contribution in [0.15, 0.2) is 0 Å². The molecule has 2 nitrogen and oxygen atoms in total. The summed E-state index contributed by atoms with van der Waals surface area (Å²) in [4.78, 5) is 0. The average Bonchev–Trinajstić information content (AvgIpc) is 2.74. The van der Waals surface area contributed by atoms with Gasteiger partial charge in [0.25, 0.3) is 0 Å². The normalized spacial score (nSPS) is 38.5. The SMILES string of the molecule is CCC(C)(C)[C@@H]1COC2C1OC[C@H]2C(C)(C)C. The summed E-state index contributed by atoms with van der Waals surface area (Å²) in [6.07, 6.45) is 1.84. The summed E-state index contributed by atoms with van der Waals surface area (Å²) in [5.41, 5.74) is 0.608. The third kappa shape index (κ3) is 2.26. The Hall–Kier alpha value is -0.0800. The third-order valence-corrected chi connectivity index (χ3v) is 5.08. The molecule has 100 valence electrons. The van der Waals surface area contributed by atoms with Gasteiger partial charge in [0, 0.05) is 11.8 Å². The van der Waals surface area contributed by atoms with Gasteiger partial charge in [-0.3, -0.25) is 0 Å². The van der Waals surface area contributed by atoms with Crippen molar-refractivity contribution >= 4 is 0 Å². The van der Waals surface area contributed by atoms with Crippen LogP contribution in [0.2, 0.25) is 0 Å². The van der Waals surface area contributed by atoms with Crippen LogP contribution in [0, 0.1) is 22.7 Å². The molecule has 0 N–H and O–H groups in total. The van der Waals surface area contributed by atoms with Gasteiger partial charge in [0.05, 0.1) is 25.4 Å². The summed E-state index contributed by atoms with van der Waals surface area (Å²) in [5, 5.41) is 0. The van der Waals surface area contributed by atoms with Crippen molar-refractivity contribution < 1.29 is 9.47 Å². The van der Waals surface area contributed by atoms with Gasteiger partial charge in [0.15, 0.2) is 0 Å². The molecular weight excluding hydrogens is 212 g/mol. The number of ether oxygens (including phenoxy) is 2. The lowest BCUT2D eigenvalue weighted by atomic mass is 9.71. The van der Waals surface area contributed by atoms with Crippen LogP contribution in [0.25, 0.3) is 0 Å². The minimum Gasteiger partial charge on any atom is -0.375 e. The van der Waals surface area contributed by atoms with Crippen molar-refractivity contribution in [1.82, 2.24) is 0 Å². The maximum absolute atomic E-state index is 6.09. The molecule has 2 saturated heterocycles. The Morgan fingerprint density at radius 3 is 1.82 bits per heavy atom. The van der Waals surface area contributed by atoms with Crippen molar-refractivity contribution in [2.75, 3.05) is 13.2 Å². The van der Waals surface area contributed by atoms with Gasteiger partial charge in [-0.1, -0.05) is 48.0 Å². The molecule has 0 saturated carbocycles. The van der Waals surface area contributed by atoms with Crippen molar-refractivity contribution in [1.29, 1.82) is 0 Å². The molecule has 2 fully saturated rings. The van der Waals surface area contributed by atoms with Crippen molar-refractivity contribution in [3.8, 4) is 0 Å². The Balaban J connectivity index is 2.12. The first kappa shape index (κ1) is 13.4. The second-order valence-electron chi connectivity index (χ2n) is 7.52. The first-order chi connectivity index (χ1) is 7.77. The molecule has 2 aliphatic heterocycles. The first-order valence-corrected chi connectivity index (χ1v) is 7.00. The minimum absolute atomic E-state index is 0.282. The highest BCUT2D eigenvalue weighted by atomic mass is 16.6. The number of rotatable bonds is 2. The lowest BCUT2D eigenvalue weighted by molar-refractivity contribution is 0.0170. The Kier molecular flexibility index (Phi) is 3.33. The van der Waals surface area contributed by atoms with Gasteiger partial charge >= 0.3 is 0 Å². The quantitative estimate of drug-likeness (QED) is 0.735. The van der Waals surface area contributed by atoms with E-state index in [9.17, 15) is 0 Å². The summed E-state index contributed by atoms with van der Waals surface area (Å²) in [5.74, 6) is 1.11. The maximum atomic E-state index is 6.09. The van der Waals surface area contributed by atoms with Crippen molar-refractivity contribution in [2.24, 2.45) is 22.7 Å². The van der Waals surface area contributed by atoms with Crippen molar-refractivity contribution in [2.45, 2.75) is 60.2 Å². The van der Waals surface area contributed by atoms with Crippen LogP contribution in [0.3, 0.4) is 0 Å². The number of hydrogen-bond acceptors (Lipinski definition) is 2. The van der Waals surface area contributed by atoms with E-state index in [4.69, 9.17) is 9.47 Å². The van der Waals surface area contributed by atoms with Crippen LogP contribution in [-0.4, -0.2) is 25.4 Å². The van der Waals surface area contributed by atoms with Crippen LogP contribution in [-0.2, 0) is 9.47 Å². The summed E-state index contributed by atoms with van der Waals surface area (Å²) >= 11 is 0. The first-order valence-electron chi connectivity index (χ1n) is 7.00. The second kappa shape index (κ2) is 4.24. The number of hydrogen-bond donors (Lipinski definition) is 0. The predicted molar refractivity (Wildman–Crippen MR) is 70.0 cm³/mol. The molecule has 0 aromatic heterocycles. The standard InChI is InChI=1S/C15H28O2/c1-7-15(5,6)11-9-17-12-10(14(2,3)4)8-16-13(11)12/h10-13H,7-9H2,1-6H3/t10-,11-,12?,13?/m1/s1. The molecular formula is C15H28O2. The molecule has 2 rings (SSSR count). The second-order valence-corrected chi connectivity index (χ2v) is 7.52. The molecule has 2 aliphatic rings. The van der Waals surface area contributed by atoms with Gasteiger partial charge in [-0.05, 0) is 10.8 Å². The molecule has 4 atom stereocenters. The fourth-order valence-corrected chi connectivity index (χ4v) is 3.17. The van der Waals surface area contributed by atoms with Gasteiger partial charge in [0.2, 0.25) is 0 Å². The van der Waals surface area contributed by atoms with E-state index in [1.54, 1.807) is 0 Å². The van der Waals surface area contributed by atoms with E-state index in [0.29, 0.717) is 29.5 Å². The van der Waals surface area contributed by atoms with Crippen LogP contribution in [0.1, 0.15) is 48.0 Å². The molecule has 2 heterocycles. The molecule has 0 aromatic carbocycles. The third-order valence-electron chi connectivity index (χ3n) is 5.08. The number of fused-ring (bicyclic) bond motifs is 1. The molecule has 0 bridgehead atoms. The molecule has 2 unspecified atom stereocenters. The van der Waals surface area contributed by atoms with E-state index in [-0.39, 0.29) is 5.41 Å². The fraction of sp³-hybridized carbons (Fsp3) is 1.00. The molecule has 0 aromatic rings. The van der Waals surface area contributed by atoms with Gasteiger partial charge < -0.3 is 9.47 Å². The lowest BCUT2D eigenvalue weighted by Gasteiger charge is -2.32. The van der Waals surface area contributed by atoms with Crippen LogP contribution >= 0.6 is 0 Å². The smallest absolute Gasteiger partial charge is 0.0895 e. The summed E-state index contributed by atoms with van der Waals surface area (Å²) in [6.45, 7) is 15.6. The minimum atomic E-state index is 0.282. The highest BCUT2D eigenvalue weighted by Gasteiger charge is 2.54. The Morgan fingerprint density at radius 2 is 1.35 bits per heavy atom. The Bertz CT molecular complexity index is 277. The monoisotopic (exact) mass is 240 g/mol. The molecule has 0 aliphatic carbocycles. The topological polar surface area (TPSA) is 18.5 Å². The molecule has 0 spiro atoms. The van der Waals surface area contributed by atoms with E-state index in [1.165, 1.54) is 6.42 Å². The predicted octanol–water partition coefficient (Wildman–Crippen LogP) is 3.50. The van der Waals surface area contributed by atoms with Gasteiger partial charge in [-0.25, -0.2) is 0 Å². The molecule has 2 heteroatoms. The molecule has 0 amide bonds. The van der Waals surface area contributed by atoms with Crippen LogP contribution < -0.4 is 0 Å². The zero-order chi connectivity index (χ0) is 12.8. The van der Waals surface area contributed by atoms with Gasteiger partial charge in [-0.2, -0.15) is 0 Å². The van der Waals surface area contributed by atoms with E-state index >= 15 is 0 Å². The zero-order valence-corrected chi connectivity index (χ0v) is 12.2. The van der Waals surface area contributed by atoms with Crippen LogP contribution in [0.4, 0.5) is 0 Å². The van der Waals surface area contributed by atoms with Gasteiger partial charge in [0.1, 0.15) is 0 Å². The Morgan fingerprint density at radius 1 is 0.882 bits per heavy atom. The van der Waals surface area contributed by atoms with E-state index in [2.05, 4.69) is 41.5 Å². The van der Waals surface area contributed by atoms with Gasteiger partial charge in [-0.15, -0.1) is 0 Å². The summed E-state index contributed by atoms with van der Waals surface area (Å²) in [7, 11) is 0. The van der Waals surface area contributed by atoms with E-state index in [1.807, 2.05) is 0 Å². The fourth-order valence-electron chi connectivity index (χ4n) is 3.17. The summed E-state index contributed by atoms with van der Waals surface area (Å²) in [6, 6.07) is 0. The van der Waals surface area contributed by atoms with Crippen LogP contribution in [0.5, 0.6) is 0 Å². The Labute approximate surface area is 106 Å². The molecule has 0 radical (unpaired) electrons. The van der Waals surface area contributed by atoms with Crippen molar-refractivity contribution in [3.63, 3.8) is 0 Å². The summed E-state index contributed by atoms with van der Waals surface area (Å²) < 4.78 is 12.2. The van der Waals surface area contributed by atoms with E-state index < -0.39 is 0 Å². The largest absolute Gasteiger partial charge is 0.375 e. The maximum Gasteiger partial charge on any atom is 0.0895 e. The highest BCUT2D eigenvalue weighted by Crippen LogP contribution is 2.48.